The van der Waals surface area contributed by atoms with Crippen LogP contribution in [0.4, 0.5) is 5.69 Å². The molecule has 0 amide bonds. The molecule has 1 unspecified atom stereocenters. The first kappa shape index (κ1) is 17.6. The summed E-state index contributed by atoms with van der Waals surface area (Å²) in [6, 6.07) is 22.4. The predicted octanol–water partition coefficient (Wildman–Crippen LogP) is 4.40. The van der Waals surface area contributed by atoms with Gasteiger partial charge in [-0.15, -0.1) is 0 Å². The van der Waals surface area contributed by atoms with Gasteiger partial charge in [0.25, 0.3) is 0 Å². The molecule has 3 aromatic carbocycles. The highest BCUT2D eigenvalue weighted by Crippen LogP contribution is 2.27. The van der Waals surface area contributed by atoms with Gasteiger partial charge in [0.15, 0.2) is 0 Å². The number of aromatic nitrogens is 2. The van der Waals surface area contributed by atoms with Crippen molar-refractivity contribution in [3.63, 3.8) is 0 Å². The number of imidazole rings is 1. The van der Waals surface area contributed by atoms with Crippen molar-refractivity contribution in [2.45, 2.75) is 6.17 Å². The van der Waals surface area contributed by atoms with Crippen LogP contribution in [0.2, 0.25) is 0 Å². The van der Waals surface area contributed by atoms with E-state index < -0.39 is 5.97 Å². The minimum atomic E-state index is -0.946. The normalized spacial score (nSPS) is 11.9. The fourth-order valence-electron chi connectivity index (χ4n) is 3.15. The lowest BCUT2D eigenvalue weighted by Gasteiger charge is -2.23. The Kier molecular flexibility index (Phi) is 4.68. The summed E-state index contributed by atoms with van der Waals surface area (Å²) in [5.41, 5.74) is 3.98. The number of ether oxygens (including phenoxy) is 1. The van der Waals surface area contributed by atoms with E-state index in [1.54, 1.807) is 37.7 Å². The molecule has 0 saturated carbocycles. The molecule has 28 heavy (non-hydrogen) atoms. The maximum Gasteiger partial charge on any atom is 0.335 e. The molecule has 140 valence electrons. The molecular weight excluding hydrogens is 354 g/mol. The highest BCUT2D eigenvalue weighted by molar-refractivity contribution is 5.88. The second-order valence-electron chi connectivity index (χ2n) is 6.34. The molecule has 0 radical (unpaired) electrons. The fraction of sp³-hybridized carbons (Fsp3) is 0.0909. The summed E-state index contributed by atoms with van der Waals surface area (Å²) in [5, 5.41) is 12.6. The number of carboxylic acid groups (broad SMARTS) is 1. The molecule has 0 aliphatic rings. The monoisotopic (exact) mass is 373 g/mol. The first-order chi connectivity index (χ1) is 13.7. The van der Waals surface area contributed by atoms with Crippen LogP contribution >= 0.6 is 0 Å². The van der Waals surface area contributed by atoms with Crippen molar-refractivity contribution in [3.05, 3.63) is 90.3 Å². The van der Waals surface area contributed by atoms with Gasteiger partial charge in [0.2, 0.25) is 0 Å². The topological polar surface area (TPSA) is 76.4 Å². The van der Waals surface area contributed by atoms with Gasteiger partial charge in [-0.25, -0.2) is 9.78 Å². The summed E-state index contributed by atoms with van der Waals surface area (Å²) >= 11 is 0. The third-order valence-electron chi connectivity index (χ3n) is 4.63. The minimum Gasteiger partial charge on any atom is -0.497 e. The van der Waals surface area contributed by atoms with E-state index in [9.17, 15) is 4.79 Å². The Hall–Kier alpha value is -3.80. The van der Waals surface area contributed by atoms with Crippen molar-refractivity contribution in [2.75, 3.05) is 12.4 Å². The van der Waals surface area contributed by atoms with E-state index in [1.807, 2.05) is 48.5 Å². The summed E-state index contributed by atoms with van der Waals surface area (Å²) in [6.45, 7) is 0. The van der Waals surface area contributed by atoms with Crippen LogP contribution in [0.3, 0.4) is 0 Å². The number of para-hydroxylation sites is 2. The molecule has 0 aliphatic heterocycles. The second-order valence-corrected chi connectivity index (χ2v) is 6.34. The predicted molar refractivity (Wildman–Crippen MR) is 108 cm³/mol. The maximum atomic E-state index is 11.1. The van der Waals surface area contributed by atoms with Crippen LogP contribution in [0.25, 0.3) is 11.0 Å². The lowest BCUT2D eigenvalue weighted by molar-refractivity contribution is 0.0697. The van der Waals surface area contributed by atoms with E-state index in [-0.39, 0.29) is 11.7 Å². The molecule has 6 heteroatoms. The van der Waals surface area contributed by atoms with Crippen LogP contribution in [0, 0.1) is 0 Å². The zero-order valence-electron chi connectivity index (χ0n) is 15.2. The number of nitrogens with zero attached hydrogens (tertiary/aromatic N) is 2. The molecule has 0 fully saturated rings. The third kappa shape index (κ3) is 3.40. The number of nitrogens with one attached hydrogen (secondary N) is 1. The smallest absolute Gasteiger partial charge is 0.335 e. The quantitative estimate of drug-likeness (QED) is 0.524. The summed E-state index contributed by atoms with van der Waals surface area (Å²) < 4.78 is 7.33. The van der Waals surface area contributed by atoms with Crippen molar-refractivity contribution < 1.29 is 14.6 Å². The second kappa shape index (κ2) is 7.44. The number of hydrogen-bond donors (Lipinski definition) is 2. The molecule has 0 spiro atoms. The Morgan fingerprint density at radius 2 is 1.75 bits per heavy atom. The first-order valence-electron chi connectivity index (χ1n) is 8.81. The SMILES string of the molecule is COc1ccc(C(Nc2ccc(C(=O)O)cc2)n2cnc3ccccc32)cc1. The van der Waals surface area contributed by atoms with Gasteiger partial charge in [-0.2, -0.15) is 0 Å². The Balaban J connectivity index is 1.75. The zero-order valence-corrected chi connectivity index (χ0v) is 15.2. The van der Waals surface area contributed by atoms with Gasteiger partial charge in [0, 0.05) is 5.69 Å². The molecule has 1 aromatic heterocycles. The van der Waals surface area contributed by atoms with E-state index in [0.29, 0.717) is 0 Å². The van der Waals surface area contributed by atoms with E-state index >= 15 is 0 Å². The van der Waals surface area contributed by atoms with Crippen molar-refractivity contribution in [3.8, 4) is 5.75 Å². The number of hydrogen-bond acceptors (Lipinski definition) is 4. The van der Waals surface area contributed by atoms with E-state index in [0.717, 1.165) is 28.0 Å². The van der Waals surface area contributed by atoms with Crippen LogP contribution in [0.5, 0.6) is 5.75 Å². The Morgan fingerprint density at radius 3 is 2.43 bits per heavy atom. The van der Waals surface area contributed by atoms with Crippen LogP contribution in [-0.4, -0.2) is 27.7 Å². The van der Waals surface area contributed by atoms with Gasteiger partial charge >= 0.3 is 5.97 Å². The Labute approximate surface area is 162 Å². The number of carbonyl (C=O) groups is 1. The number of carboxylic acids is 1. The molecule has 6 nitrogen and oxygen atoms in total. The van der Waals surface area contributed by atoms with Crippen LogP contribution < -0.4 is 10.1 Å². The molecule has 2 N–H and O–H groups in total. The molecule has 0 saturated heterocycles. The maximum absolute atomic E-state index is 11.1. The highest BCUT2D eigenvalue weighted by atomic mass is 16.5. The molecule has 4 rings (SSSR count). The third-order valence-corrected chi connectivity index (χ3v) is 4.63. The van der Waals surface area contributed by atoms with Crippen molar-refractivity contribution in [1.29, 1.82) is 0 Å². The summed E-state index contributed by atoms with van der Waals surface area (Å²) in [6.07, 6.45) is 1.58. The minimum absolute atomic E-state index is 0.228. The number of benzene rings is 3. The van der Waals surface area contributed by atoms with Gasteiger partial charge in [-0.05, 0) is 54.1 Å². The number of fused-ring (bicyclic) bond motifs is 1. The number of methoxy groups -OCH3 is 1. The van der Waals surface area contributed by atoms with Gasteiger partial charge < -0.3 is 19.7 Å². The molecular formula is C22H19N3O3. The van der Waals surface area contributed by atoms with Crippen molar-refractivity contribution in [2.24, 2.45) is 0 Å². The summed E-state index contributed by atoms with van der Waals surface area (Å²) in [4.78, 5) is 15.6. The van der Waals surface area contributed by atoms with E-state index in [1.165, 1.54) is 0 Å². The molecule has 1 heterocycles. The molecule has 4 aromatic rings. The number of anilines is 1. The Morgan fingerprint density at radius 1 is 1.04 bits per heavy atom. The molecule has 1 atom stereocenters. The summed E-state index contributed by atoms with van der Waals surface area (Å²) in [7, 11) is 1.64. The van der Waals surface area contributed by atoms with E-state index in [2.05, 4.69) is 14.9 Å². The van der Waals surface area contributed by atoms with Gasteiger partial charge in [0.05, 0.1) is 30.0 Å². The first-order valence-corrected chi connectivity index (χ1v) is 8.81. The van der Waals surface area contributed by atoms with E-state index in [4.69, 9.17) is 9.84 Å². The van der Waals surface area contributed by atoms with Crippen molar-refractivity contribution in [1.82, 2.24) is 9.55 Å². The largest absolute Gasteiger partial charge is 0.497 e. The zero-order chi connectivity index (χ0) is 19.5. The number of rotatable bonds is 6. The highest BCUT2D eigenvalue weighted by Gasteiger charge is 2.17. The van der Waals surface area contributed by atoms with Gasteiger partial charge in [-0.1, -0.05) is 24.3 Å². The van der Waals surface area contributed by atoms with Gasteiger partial charge in [0.1, 0.15) is 11.9 Å². The lowest BCUT2D eigenvalue weighted by Crippen LogP contribution is -2.19. The average Bonchev–Trinajstić information content (AvgIpc) is 3.16. The molecule has 0 bridgehead atoms. The molecule has 0 aliphatic carbocycles. The Bertz CT molecular complexity index is 1100. The van der Waals surface area contributed by atoms with Crippen LogP contribution in [0.15, 0.2) is 79.1 Å². The fourth-order valence-corrected chi connectivity index (χ4v) is 3.15. The average molecular weight is 373 g/mol. The van der Waals surface area contributed by atoms with Gasteiger partial charge in [-0.3, -0.25) is 0 Å². The summed E-state index contributed by atoms with van der Waals surface area (Å²) in [5.74, 6) is -0.164. The van der Waals surface area contributed by atoms with Crippen LogP contribution in [-0.2, 0) is 0 Å². The van der Waals surface area contributed by atoms with Crippen molar-refractivity contribution >= 4 is 22.7 Å². The van der Waals surface area contributed by atoms with Crippen LogP contribution in [0.1, 0.15) is 22.1 Å². The standard InChI is InChI=1S/C22H19N3O3/c1-28-18-12-8-15(9-13-18)21(24-17-10-6-16(7-11-17)22(26)27)25-14-23-19-4-2-3-5-20(19)25/h2-14,21,24H,1H3,(H,26,27). The lowest BCUT2D eigenvalue weighted by atomic mass is 10.1. The number of aromatic carboxylic acids is 1.